The highest BCUT2D eigenvalue weighted by atomic mass is 15.0. The smallest absolute Gasteiger partial charge is 0.137 e. The first-order chi connectivity index (χ1) is 26.3. The normalized spacial score (nSPS) is 16.3. The molecule has 0 spiro atoms. The topological polar surface area (TPSA) is 27.2 Å². The molecule has 5 aromatic carbocycles. The summed E-state index contributed by atoms with van der Waals surface area (Å²) in [7, 11) is 0. The highest BCUT2D eigenvalue weighted by Crippen LogP contribution is 2.43. The van der Waals surface area contributed by atoms with E-state index in [1.165, 1.54) is 60.5 Å². The molecule has 0 fully saturated rings. The van der Waals surface area contributed by atoms with Crippen molar-refractivity contribution in [3.63, 3.8) is 0 Å². The summed E-state index contributed by atoms with van der Waals surface area (Å²) in [4.78, 5) is 4.88. The van der Waals surface area contributed by atoms with Crippen LogP contribution in [0.1, 0.15) is 11.5 Å². The summed E-state index contributed by atoms with van der Waals surface area (Å²) < 4.78 is 6.96. The van der Waals surface area contributed by atoms with Gasteiger partial charge in [0.15, 0.2) is 0 Å². The molecule has 0 saturated heterocycles. The van der Waals surface area contributed by atoms with Crippen molar-refractivity contribution in [2.75, 3.05) is 0 Å². The Labute approximate surface area is 306 Å². The van der Waals surface area contributed by atoms with Gasteiger partial charge in [0.1, 0.15) is 5.65 Å². The van der Waals surface area contributed by atoms with E-state index in [9.17, 15) is 0 Å². The van der Waals surface area contributed by atoms with Crippen molar-refractivity contribution >= 4 is 39.1 Å². The number of benzene rings is 5. The Balaban J connectivity index is 1.11. The van der Waals surface area contributed by atoms with E-state index in [4.69, 9.17) is 4.98 Å². The summed E-state index contributed by atoms with van der Waals surface area (Å²) >= 11 is 0. The molecule has 4 aromatic heterocycles. The molecule has 250 valence electrons. The fourth-order valence-electron chi connectivity index (χ4n) is 8.74. The maximum absolute atomic E-state index is 4.88. The monoisotopic (exact) mass is 678 g/mol. The number of aromatic nitrogens is 4. The van der Waals surface area contributed by atoms with Crippen LogP contribution < -0.4 is 10.6 Å². The standard InChI is InChI=1S/C49H34N4/c1-2-15-35(16-3-1)53-46-23-11-9-20-40(46)43-31-42(38-18-6-8-21-41(38)49(43)53)37-17-5-7-19-39(37)47-30-34-14-4-10-22-45(34)52(47)36-27-25-33(26-28-36)44-32-51-29-13-12-24-48(51)50-44/h1-32,38,42H. The third kappa shape index (κ3) is 4.66. The van der Waals surface area contributed by atoms with Crippen LogP contribution >= 0.6 is 0 Å². The van der Waals surface area contributed by atoms with Crippen LogP contribution in [0.3, 0.4) is 0 Å². The molecular formula is C49H34N4. The second kappa shape index (κ2) is 11.8. The van der Waals surface area contributed by atoms with E-state index in [-0.39, 0.29) is 11.8 Å². The summed E-state index contributed by atoms with van der Waals surface area (Å²) in [5.41, 5.74) is 12.8. The molecule has 53 heavy (non-hydrogen) atoms. The van der Waals surface area contributed by atoms with E-state index in [1.54, 1.807) is 0 Å². The second-order valence-electron chi connectivity index (χ2n) is 14.0. The Bertz CT molecular complexity index is 3030. The summed E-state index contributed by atoms with van der Waals surface area (Å²) in [6, 6.07) is 54.7. The van der Waals surface area contributed by atoms with Crippen molar-refractivity contribution in [2.24, 2.45) is 5.92 Å². The van der Waals surface area contributed by atoms with Gasteiger partial charge in [0, 0.05) is 62.7 Å². The van der Waals surface area contributed by atoms with Crippen LogP contribution in [-0.4, -0.2) is 18.5 Å². The minimum atomic E-state index is 0.133. The minimum absolute atomic E-state index is 0.133. The molecule has 0 N–H and O–H groups in total. The molecule has 2 unspecified atom stereocenters. The van der Waals surface area contributed by atoms with Crippen LogP contribution in [0.25, 0.3) is 73.0 Å². The van der Waals surface area contributed by atoms with Crippen LogP contribution in [0.2, 0.25) is 0 Å². The van der Waals surface area contributed by atoms with Crippen LogP contribution in [-0.2, 0) is 0 Å². The molecule has 4 nitrogen and oxygen atoms in total. The number of hydrogen-bond donors (Lipinski definition) is 0. The van der Waals surface area contributed by atoms with Crippen molar-refractivity contribution in [1.29, 1.82) is 0 Å². The highest BCUT2D eigenvalue weighted by molar-refractivity contribution is 5.92. The van der Waals surface area contributed by atoms with Gasteiger partial charge >= 0.3 is 0 Å². The van der Waals surface area contributed by atoms with Gasteiger partial charge in [-0.2, -0.15) is 0 Å². The van der Waals surface area contributed by atoms with Gasteiger partial charge in [-0.05, 0) is 65.7 Å². The van der Waals surface area contributed by atoms with Gasteiger partial charge < -0.3 is 13.5 Å². The third-order valence-corrected chi connectivity index (χ3v) is 11.1. The maximum atomic E-state index is 4.88. The first-order valence-corrected chi connectivity index (χ1v) is 18.3. The molecule has 0 aliphatic heterocycles. The van der Waals surface area contributed by atoms with Crippen molar-refractivity contribution in [1.82, 2.24) is 18.5 Å². The molecule has 0 radical (unpaired) electrons. The van der Waals surface area contributed by atoms with E-state index in [2.05, 4.69) is 184 Å². The zero-order chi connectivity index (χ0) is 34.9. The van der Waals surface area contributed by atoms with Crippen molar-refractivity contribution in [2.45, 2.75) is 5.92 Å². The Kier molecular flexibility index (Phi) is 6.65. The van der Waals surface area contributed by atoms with Crippen molar-refractivity contribution < 1.29 is 0 Å². The average Bonchev–Trinajstić information content (AvgIpc) is 3.93. The average molecular weight is 679 g/mol. The van der Waals surface area contributed by atoms with Gasteiger partial charge in [0.05, 0.1) is 27.8 Å². The van der Waals surface area contributed by atoms with Gasteiger partial charge in [-0.25, -0.2) is 4.98 Å². The Morgan fingerprint density at radius 3 is 2.23 bits per heavy atom. The molecule has 4 heteroatoms. The predicted octanol–water partition coefficient (Wildman–Crippen LogP) is 10.0. The lowest BCUT2D eigenvalue weighted by Crippen LogP contribution is -2.38. The van der Waals surface area contributed by atoms with Gasteiger partial charge in [0.2, 0.25) is 0 Å². The van der Waals surface area contributed by atoms with E-state index in [0.717, 1.165) is 22.6 Å². The fourth-order valence-corrected chi connectivity index (χ4v) is 8.74. The molecule has 2 aliphatic carbocycles. The molecule has 2 atom stereocenters. The number of allylic oxidation sites excluding steroid dienone is 4. The molecule has 2 aliphatic rings. The van der Waals surface area contributed by atoms with Gasteiger partial charge in [0.25, 0.3) is 0 Å². The zero-order valence-corrected chi connectivity index (χ0v) is 28.9. The number of hydrogen-bond acceptors (Lipinski definition) is 1. The SMILES string of the molecule is C1=CC2=c3c(c4ccccc4n3-c3ccccc3)=CC(c3ccccc3-c3cc4ccccc4n3-c3ccc(-c4cn5ccccc5n4)cc3)C2C=C1. The van der Waals surface area contributed by atoms with Crippen molar-refractivity contribution in [3.05, 3.63) is 204 Å². The number of pyridine rings is 1. The van der Waals surface area contributed by atoms with Gasteiger partial charge in [-0.1, -0.05) is 127 Å². The first kappa shape index (κ1) is 29.8. The molecule has 0 saturated carbocycles. The largest absolute Gasteiger partial charge is 0.309 e. The minimum Gasteiger partial charge on any atom is -0.309 e. The highest BCUT2D eigenvalue weighted by Gasteiger charge is 2.31. The van der Waals surface area contributed by atoms with Crippen LogP contribution in [0.5, 0.6) is 0 Å². The summed E-state index contributed by atoms with van der Waals surface area (Å²) in [5, 5.41) is 5.09. The second-order valence-corrected chi connectivity index (χ2v) is 14.0. The Morgan fingerprint density at radius 1 is 0.585 bits per heavy atom. The molecule has 4 heterocycles. The lowest BCUT2D eigenvalue weighted by Gasteiger charge is -2.30. The number of fused-ring (bicyclic) bond motifs is 6. The molecule has 9 aromatic rings. The van der Waals surface area contributed by atoms with E-state index >= 15 is 0 Å². The molecule has 11 rings (SSSR count). The maximum Gasteiger partial charge on any atom is 0.137 e. The number of para-hydroxylation sites is 3. The summed E-state index contributed by atoms with van der Waals surface area (Å²) in [5.74, 6) is 0.316. The number of imidazole rings is 1. The Morgan fingerprint density at radius 2 is 1.34 bits per heavy atom. The first-order valence-electron chi connectivity index (χ1n) is 18.3. The van der Waals surface area contributed by atoms with Crippen LogP contribution in [0.15, 0.2) is 188 Å². The molecular weight excluding hydrogens is 645 g/mol. The van der Waals surface area contributed by atoms with E-state index in [1.807, 2.05) is 24.4 Å². The molecule has 0 amide bonds. The predicted molar refractivity (Wildman–Crippen MR) is 218 cm³/mol. The molecule has 0 bridgehead atoms. The van der Waals surface area contributed by atoms with Crippen LogP contribution in [0, 0.1) is 5.92 Å². The third-order valence-electron chi connectivity index (χ3n) is 11.1. The Hall–Kier alpha value is -6.91. The van der Waals surface area contributed by atoms with Crippen LogP contribution in [0.4, 0.5) is 0 Å². The van der Waals surface area contributed by atoms with Crippen molar-refractivity contribution in [3.8, 4) is 33.9 Å². The summed E-state index contributed by atoms with van der Waals surface area (Å²) in [6.07, 6.45) is 15.8. The summed E-state index contributed by atoms with van der Waals surface area (Å²) in [6.45, 7) is 0. The van der Waals surface area contributed by atoms with Gasteiger partial charge in [-0.3, -0.25) is 0 Å². The quantitative estimate of drug-likeness (QED) is 0.178. The van der Waals surface area contributed by atoms with Gasteiger partial charge in [-0.15, -0.1) is 0 Å². The van der Waals surface area contributed by atoms with E-state index < -0.39 is 0 Å². The number of nitrogens with zero attached hydrogens (tertiary/aromatic N) is 4. The number of rotatable bonds is 5. The zero-order valence-electron chi connectivity index (χ0n) is 28.9. The van der Waals surface area contributed by atoms with E-state index in [0.29, 0.717) is 0 Å². The lowest BCUT2D eigenvalue weighted by atomic mass is 9.74. The lowest BCUT2D eigenvalue weighted by molar-refractivity contribution is 0.736. The fraction of sp³-hybridized carbons (Fsp3) is 0.0408.